The molecule has 0 fully saturated rings. The number of aromatic hydroxyl groups is 1. The Morgan fingerprint density at radius 2 is 0.875 bits per heavy atom. The molecule has 0 radical (unpaired) electrons. The Morgan fingerprint density at radius 3 is 1.34 bits per heavy atom. The lowest BCUT2D eigenvalue weighted by Crippen LogP contribution is -2.54. The van der Waals surface area contributed by atoms with E-state index in [2.05, 4.69) is 10.6 Å². The first-order valence-electron chi connectivity index (χ1n) is 18.1. The molecule has 0 aliphatic rings. The van der Waals surface area contributed by atoms with Gasteiger partial charge < -0.3 is 26.2 Å². The number of aryl methyl sites for hydroxylation is 2. The van der Waals surface area contributed by atoms with Crippen LogP contribution in [-0.4, -0.2) is 58.6 Å². The molecular weight excluding hydrogens is 882 g/mol. The molecule has 0 aliphatic heterocycles. The Balaban J connectivity index is 1.50. The molecule has 64 heavy (non-hydrogen) atoms. The van der Waals surface area contributed by atoms with E-state index in [1.807, 2.05) is 5.32 Å². The highest BCUT2D eigenvalue weighted by Crippen LogP contribution is 2.57. The van der Waals surface area contributed by atoms with Crippen LogP contribution in [0, 0.1) is 13.8 Å². The Morgan fingerprint density at radius 1 is 0.469 bits per heavy atom. The van der Waals surface area contributed by atoms with Crippen molar-refractivity contribution in [3.8, 4) is 5.75 Å². The van der Waals surface area contributed by atoms with Gasteiger partial charge in [-0.25, -0.2) is 4.79 Å². The number of rotatable bonds is 10. The zero-order valence-electron chi connectivity index (χ0n) is 32.9. The Hall–Kier alpha value is -7.06. The summed E-state index contributed by atoms with van der Waals surface area (Å²) in [6.07, 6.45) is -24.1. The average Bonchev–Trinajstić information content (AvgIpc) is 3.19. The summed E-state index contributed by atoms with van der Waals surface area (Å²) in [6.45, 7) is 2.41. The average molecular weight is 914 g/mol. The van der Waals surface area contributed by atoms with Gasteiger partial charge in [0.1, 0.15) is 5.75 Å². The number of carbonyl (C=O) groups excluding carboxylic acids is 3. The molecule has 5 N–H and O–H groups in total. The fourth-order valence-corrected chi connectivity index (χ4v) is 6.65. The van der Waals surface area contributed by atoms with Gasteiger partial charge in [0.25, 0.3) is 17.7 Å². The summed E-state index contributed by atoms with van der Waals surface area (Å²) in [5.74, 6) is -6.25. The Bertz CT molecular complexity index is 2630. The van der Waals surface area contributed by atoms with Crippen molar-refractivity contribution in [1.29, 1.82) is 0 Å². The van der Waals surface area contributed by atoms with Crippen LogP contribution in [0.3, 0.4) is 0 Å². The summed E-state index contributed by atoms with van der Waals surface area (Å²) in [5.41, 5.74) is -17.6. The lowest BCUT2D eigenvalue weighted by Gasteiger charge is -2.38. The van der Waals surface area contributed by atoms with Gasteiger partial charge >= 0.3 is 30.7 Å². The number of hydrogen-bond acceptors (Lipinski definition) is 5. The molecule has 0 unspecified atom stereocenters. The van der Waals surface area contributed by atoms with Crippen molar-refractivity contribution >= 4 is 40.8 Å². The molecule has 0 aliphatic carbocycles. The molecule has 0 aromatic heterocycles. The summed E-state index contributed by atoms with van der Waals surface area (Å²) in [5, 5.41) is 26.3. The van der Waals surface area contributed by atoms with E-state index in [1.54, 1.807) is 0 Å². The minimum absolute atomic E-state index is 0.0231. The van der Waals surface area contributed by atoms with Crippen LogP contribution in [0.4, 0.5) is 69.7 Å². The number of carboxylic acid groups (broad SMARTS) is 1. The van der Waals surface area contributed by atoms with E-state index >= 15 is 26.3 Å². The molecule has 5 aromatic carbocycles. The third-order valence-corrected chi connectivity index (χ3v) is 10.4. The van der Waals surface area contributed by atoms with Crippen molar-refractivity contribution in [3.63, 3.8) is 0 Å². The fraction of sp³-hybridized carbons (Fsp3) is 0.209. The largest absolute Gasteiger partial charge is 0.506 e. The standard InChI is InChI=1S/C43H31F12N3O6/c1-21-11-13-25(38(3,40(44,45)46)41(47,48)49)18-30(21)56-34(60)23-7-6-8-24(17-23)35(61)58-32-20-27(15-16-33(32)59)39(42(50,51)52,43(53,54)55)26-14-12-22(2)31(19-26)57-36(62)28-9-4-5-10-29(28)37(63)64/h4-20,59H,1-3H3,(H,56,60)(H,57,62)(H,58,61)(H,63,64). The van der Waals surface area contributed by atoms with Gasteiger partial charge in [-0.3, -0.25) is 14.4 Å². The maximum absolute atomic E-state index is 15.2. The molecular formula is C43H31F12N3O6. The minimum Gasteiger partial charge on any atom is -0.506 e. The second-order valence-electron chi connectivity index (χ2n) is 14.5. The highest BCUT2D eigenvalue weighted by atomic mass is 19.4. The first-order chi connectivity index (χ1) is 29.4. The van der Waals surface area contributed by atoms with E-state index in [0.29, 0.717) is 36.4 Å². The van der Waals surface area contributed by atoms with Gasteiger partial charge in [0, 0.05) is 22.5 Å². The topological polar surface area (TPSA) is 145 Å². The van der Waals surface area contributed by atoms with Gasteiger partial charge in [-0.1, -0.05) is 48.5 Å². The van der Waals surface area contributed by atoms with Crippen molar-refractivity contribution in [3.05, 3.63) is 153 Å². The number of amides is 3. The van der Waals surface area contributed by atoms with Gasteiger partial charge in [0.15, 0.2) is 5.41 Å². The second kappa shape index (κ2) is 16.9. The molecule has 21 heteroatoms. The molecule has 0 spiro atoms. The summed E-state index contributed by atoms with van der Waals surface area (Å²) < 4.78 is 174. The SMILES string of the molecule is Cc1ccc(C(C)(C(F)(F)F)C(F)(F)F)cc1NC(=O)c1cccc(C(=O)Nc2cc(C(c3ccc(C)c(NC(=O)c4ccccc4C(=O)O)c3)(C(F)(F)F)C(F)(F)F)ccc2O)c1. The highest BCUT2D eigenvalue weighted by Gasteiger charge is 2.73. The number of hydrogen-bond donors (Lipinski definition) is 5. The minimum atomic E-state index is -6.23. The van der Waals surface area contributed by atoms with Crippen LogP contribution in [0.5, 0.6) is 5.75 Å². The lowest BCUT2D eigenvalue weighted by molar-refractivity contribution is -0.297. The third kappa shape index (κ3) is 8.78. The van der Waals surface area contributed by atoms with Crippen molar-refractivity contribution in [2.45, 2.75) is 56.3 Å². The van der Waals surface area contributed by atoms with Gasteiger partial charge in [-0.2, -0.15) is 52.7 Å². The van der Waals surface area contributed by atoms with Crippen LogP contribution in [0.25, 0.3) is 0 Å². The van der Waals surface area contributed by atoms with Gasteiger partial charge in [-0.05, 0) is 103 Å². The molecule has 0 atom stereocenters. The van der Waals surface area contributed by atoms with Crippen molar-refractivity contribution < 1.29 is 82.1 Å². The van der Waals surface area contributed by atoms with E-state index in [9.17, 15) is 55.7 Å². The maximum atomic E-state index is 15.2. The van der Waals surface area contributed by atoms with E-state index < -0.39 is 121 Å². The van der Waals surface area contributed by atoms with E-state index in [-0.39, 0.29) is 24.1 Å². The molecule has 5 rings (SSSR count). The Kier molecular flexibility index (Phi) is 12.7. The number of halogens is 12. The van der Waals surface area contributed by atoms with Crippen molar-refractivity contribution in [2.75, 3.05) is 16.0 Å². The number of nitrogens with one attached hydrogen (secondary N) is 3. The summed E-state index contributed by atoms with van der Waals surface area (Å²) in [4.78, 5) is 51.4. The number of phenolic OH excluding ortho intramolecular Hbond substituents is 1. The second-order valence-corrected chi connectivity index (χ2v) is 14.5. The van der Waals surface area contributed by atoms with Crippen LogP contribution in [0.2, 0.25) is 0 Å². The number of anilines is 3. The molecule has 0 saturated heterocycles. The number of benzene rings is 5. The van der Waals surface area contributed by atoms with Gasteiger partial charge in [0.2, 0.25) is 5.41 Å². The van der Waals surface area contributed by atoms with Crippen molar-refractivity contribution in [2.24, 2.45) is 0 Å². The molecule has 5 aromatic rings. The van der Waals surface area contributed by atoms with Crippen LogP contribution in [0.15, 0.2) is 103 Å². The highest BCUT2D eigenvalue weighted by molar-refractivity contribution is 6.11. The molecule has 9 nitrogen and oxygen atoms in total. The lowest BCUT2D eigenvalue weighted by atomic mass is 9.72. The number of phenols is 1. The van der Waals surface area contributed by atoms with E-state index in [0.717, 1.165) is 48.5 Å². The van der Waals surface area contributed by atoms with Crippen LogP contribution in [0.1, 0.15) is 76.2 Å². The van der Waals surface area contributed by atoms with Gasteiger partial charge in [-0.15, -0.1) is 0 Å². The predicted octanol–water partition coefficient (Wildman–Crippen LogP) is 11.3. The van der Waals surface area contributed by atoms with E-state index in [1.165, 1.54) is 26.0 Å². The monoisotopic (exact) mass is 913 g/mol. The van der Waals surface area contributed by atoms with E-state index in [4.69, 9.17) is 0 Å². The first kappa shape index (κ1) is 48.0. The number of aromatic carboxylic acids is 1. The molecule has 3 amide bonds. The zero-order valence-corrected chi connectivity index (χ0v) is 32.9. The smallest absolute Gasteiger partial charge is 0.411 e. The summed E-state index contributed by atoms with van der Waals surface area (Å²) in [6, 6.07) is 13.2. The summed E-state index contributed by atoms with van der Waals surface area (Å²) in [7, 11) is 0. The van der Waals surface area contributed by atoms with Crippen LogP contribution >= 0.6 is 0 Å². The fourth-order valence-electron chi connectivity index (χ4n) is 6.65. The molecule has 338 valence electrons. The van der Waals surface area contributed by atoms with Crippen LogP contribution in [-0.2, 0) is 10.8 Å². The predicted molar refractivity (Wildman–Crippen MR) is 207 cm³/mol. The van der Waals surface area contributed by atoms with Crippen LogP contribution < -0.4 is 16.0 Å². The normalized spacial score (nSPS) is 12.7. The first-order valence-corrected chi connectivity index (χ1v) is 18.1. The number of carbonyl (C=O) groups is 4. The van der Waals surface area contributed by atoms with Crippen molar-refractivity contribution in [1.82, 2.24) is 0 Å². The zero-order chi connectivity index (χ0) is 48.0. The van der Waals surface area contributed by atoms with Gasteiger partial charge in [0.05, 0.1) is 16.8 Å². The maximum Gasteiger partial charge on any atom is 0.411 e. The number of carboxylic acids is 1. The molecule has 0 heterocycles. The molecule has 0 bridgehead atoms. The Labute approximate surface area is 353 Å². The molecule has 0 saturated carbocycles. The third-order valence-electron chi connectivity index (χ3n) is 10.4. The quantitative estimate of drug-likeness (QED) is 0.0697. The number of alkyl halides is 12. The summed E-state index contributed by atoms with van der Waals surface area (Å²) >= 11 is 0.